The fraction of sp³-hybridized carbons (Fsp3) is 0.714. The maximum atomic E-state index is 15.6. The van der Waals surface area contributed by atoms with Crippen LogP contribution in [0.1, 0.15) is 83.6 Å². The molecule has 47 heavy (non-hydrogen) atoms. The van der Waals surface area contributed by atoms with Crippen molar-refractivity contribution in [3.8, 4) is 0 Å². The Kier molecular flexibility index (Phi) is 12.9. The molecule has 3 fully saturated rings. The Hall–Kier alpha value is -2.99. The first-order valence-corrected chi connectivity index (χ1v) is 17.2. The number of carbonyl (C=O) groups is 4. The van der Waals surface area contributed by atoms with E-state index in [0.717, 1.165) is 12.8 Å². The summed E-state index contributed by atoms with van der Waals surface area (Å²) in [6, 6.07) is 3.29. The number of alkyl halides is 2. The number of likely N-dealkylation sites (N-methyl/N-ethyl adjacent to an activating group) is 1. The number of piperazine rings is 1. The maximum Gasteiger partial charge on any atom is 0.308 e. The quantitative estimate of drug-likeness (QED) is 0.326. The van der Waals surface area contributed by atoms with Gasteiger partial charge in [0.25, 0.3) is 0 Å². The molecule has 0 radical (unpaired) electrons. The number of nitrogens with zero attached hydrogens (tertiary/aromatic N) is 2. The smallest absolute Gasteiger partial charge is 0.308 e. The Morgan fingerprint density at radius 3 is 2.23 bits per heavy atom. The Bertz CT molecular complexity index is 1260. The molecule has 2 heterocycles. The van der Waals surface area contributed by atoms with E-state index < -0.39 is 53.6 Å². The lowest BCUT2D eigenvalue weighted by atomic mass is 9.73. The molecular formula is C35H51F3N4O5. The summed E-state index contributed by atoms with van der Waals surface area (Å²) in [7, 11) is 1.97. The third-order valence-corrected chi connectivity index (χ3v) is 10.5. The fourth-order valence-corrected chi connectivity index (χ4v) is 7.02. The van der Waals surface area contributed by atoms with Crippen LogP contribution in [0.4, 0.5) is 18.9 Å². The van der Waals surface area contributed by atoms with E-state index in [1.54, 1.807) is 24.8 Å². The second-order valence-corrected chi connectivity index (χ2v) is 13.8. The second kappa shape index (κ2) is 16.4. The van der Waals surface area contributed by atoms with E-state index in [2.05, 4.69) is 22.5 Å². The highest BCUT2D eigenvalue weighted by Crippen LogP contribution is 2.40. The minimum atomic E-state index is -3.57. The third-order valence-electron chi connectivity index (χ3n) is 10.5. The average molecular weight is 665 g/mol. The van der Waals surface area contributed by atoms with Crippen LogP contribution in [0.15, 0.2) is 18.2 Å². The van der Waals surface area contributed by atoms with Crippen LogP contribution in [-0.4, -0.2) is 91.7 Å². The van der Waals surface area contributed by atoms with Gasteiger partial charge in [-0.3, -0.25) is 19.2 Å². The van der Waals surface area contributed by atoms with E-state index in [4.69, 9.17) is 4.74 Å². The molecule has 4 rings (SSSR count). The molecule has 0 spiro atoms. The number of anilines is 1. The van der Waals surface area contributed by atoms with Crippen molar-refractivity contribution in [2.45, 2.75) is 90.0 Å². The van der Waals surface area contributed by atoms with Crippen LogP contribution in [0.25, 0.3) is 0 Å². The lowest BCUT2D eigenvalue weighted by Crippen LogP contribution is -2.55. The molecule has 1 aromatic carbocycles. The number of amides is 3. The molecular weight excluding hydrogens is 613 g/mol. The molecule has 0 bridgehead atoms. The number of hydrogen-bond acceptors (Lipinski definition) is 6. The van der Waals surface area contributed by atoms with Crippen molar-refractivity contribution in [2.24, 2.45) is 23.7 Å². The first-order chi connectivity index (χ1) is 22.3. The summed E-state index contributed by atoms with van der Waals surface area (Å²) < 4.78 is 51.4. The van der Waals surface area contributed by atoms with E-state index in [0.29, 0.717) is 50.5 Å². The summed E-state index contributed by atoms with van der Waals surface area (Å²) >= 11 is 0. The largest absolute Gasteiger partial charge is 0.381 e. The molecule has 262 valence electrons. The summed E-state index contributed by atoms with van der Waals surface area (Å²) in [5.41, 5.74) is 0.316. The molecule has 12 heteroatoms. The van der Waals surface area contributed by atoms with Gasteiger partial charge in [0.05, 0.1) is 5.69 Å². The Labute approximate surface area is 276 Å². The lowest BCUT2D eigenvalue weighted by molar-refractivity contribution is -0.159. The monoisotopic (exact) mass is 664 g/mol. The molecule has 1 saturated carbocycles. The van der Waals surface area contributed by atoms with E-state index in [1.807, 2.05) is 7.05 Å². The number of ketones is 1. The van der Waals surface area contributed by atoms with Crippen LogP contribution >= 0.6 is 0 Å². The molecule has 3 amide bonds. The molecule has 0 aromatic heterocycles. The van der Waals surface area contributed by atoms with Crippen LogP contribution in [-0.2, 0) is 23.9 Å². The molecule has 3 atom stereocenters. The van der Waals surface area contributed by atoms with Crippen LogP contribution < -0.4 is 10.6 Å². The third kappa shape index (κ3) is 9.34. The van der Waals surface area contributed by atoms with Crippen molar-refractivity contribution in [3.05, 3.63) is 29.6 Å². The minimum Gasteiger partial charge on any atom is -0.381 e. The zero-order chi connectivity index (χ0) is 34.3. The molecule has 2 aliphatic heterocycles. The number of benzene rings is 1. The van der Waals surface area contributed by atoms with E-state index in [9.17, 15) is 19.2 Å². The summed E-state index contributed by atoms with van der Waals surface area (Å²) in [5, 5.41) is 5.40. The zero-order valence-electron chi connectivity index (χ0n) is 28.2. The van der Waals surface area contributed by atoms with Gasteiger partial charge < -0.3 is 25.2 Å². The predicted molar refractivity (Wildman–Crippen MR) is 172 cm³/mol. The van der Waals surface area contributed by atoms with E-state index >= 15 is 13.2 Å². The molecule has 1 aromatic rings. The number of rotatable bonds is 12. The van der Waals surface area contributed by atoms with Crippen molar-refractivity contribution in [3.63, 3.8) is 0 Å². The van der Waals surface area contributed by atoms with Crippen molar-refractivity contribution in [2.75, 3.05) is 51.8 Å². The van der Waals surface area contributed by atoms with Gasteiger partial charge in [-0.05, 0) is 62.3 Å². The van der Waals surface area contributed by atoms with E-state index in [-0.39, 0.29) is 55.9 Å². The molecule has 2 saturated heterocycles. The predicted octanol–water partition coefficient (Wildman–Crippen LogP) is 5.00. The highest BCUT2D eigenvalue weighted by Gasteiger charge is 2.49. The van der Waals surface area contributed by atoms with Gasteiger partial charge in [0.15, 0.2) is 0 Å². The Morgan fingerprint density at radius 2 is 1.64 bits per heavy atom. The van der Waals surface area contributed by atoms with Gasteiger partial charge in [-0.1, -0.05) is 39.7 Å². The normalized spacial score (nSPS) is 23.4. The number of carbonyl (C=O) groups excluding carboxylic acids is 4. The van der Waals surface area contributed by atoms with Gasteiger partial charge in [0.2, 0.25) is 23.5 Å². The van der Waals surface area contributed by atoms with Gasteiger partial charge in [0, 0.05) is 70.0 Å². The Balaban J connectivity index is 1.51. The maximum absolute atomic E-state index is 15.6. The van der Waals surface area contributed by atoms with Crippen LogP contribution in [0.2, 0.25) is 0 Å². The molecule has 3 aliphatic rings. The SMILES string of the molecule is CCC(=O)N[C@@H](C(=O)N1CCN(C)CC1)[C@@H](C)c1ccc(NC(=O)[C@@H](CC(=O)C(F)(F)C2CCOCC2)C2CCC(C)CC2)c(F)c1. The summed E-state index contributed by atoms with van der Waals surface area (Å²) in [6.45, 7) is 8.32. The Morgan fingerprint density at radius 1 is 1.00 bits per heavy atom. The number of ether oxygens (including phenoxy) is 1. The standard InChI is InChI=1S/C35H51F3N4O5/c1-5-31(44)40-32(34(46)42-16-14-41(4)15-17-42)23(3)25-10-11-29(28(36)20-25)39-33(45)27(24-8-6-22(2)7-9-24)21-30(43)35(37,38)26-12-18-47-19-13-26/h10-11,20,22-24,26-27,32H,5-9,12-19,21H2,1-4H3,(H,39,45)(H,40,44)/t22?,23-,24?,27-,32+/m0/s1. The molecule has 9 nitrogen and oxygen atoms in total. The van der Waals surface area contributed by atoms with Gasteiger partial charge in [-0.15, -0.1) is 0 Å². The van der Waals surface area contributed by atoms with Crippen molar-refractivity contribution in [1.29, 1.82) is 0 Å². The van der Waals surface area contributed by atoms with Gasteiger partial charge in [-0.25, -0.2) is 4.39 Å². The van der Waals surface area contributed by atoms with Crippen molar-refractivity contribution >= 4 is 29.2 Å². The number of hydrogen-bond donors (Lipinski definition) is 2. The molecule has 2 N–H and O–H groups in total. The van der Waals surface area contributed by atoms with Crippen molar-refractivity contribution in [1.82, 2.24) is 15.1 Å². The summed E-state index contributed by atoms with van der Waals surface area (Å²) in [5.74, 6) is -9.33. The van der Waals surface area contributed by atoms with Gasteiger partial charge in [-0.2, -0.15) is 8.78 Å². The molecule has 0 unspecified atom stereocenters. The second-order valence-electron chi connectivity index (χ2n) is 13.8. The average Bonchev–Trinajstić information content (AvgIpc) is 3.07. The number of nitrogens with one attached hydrogen (secondary N) is 2. The fourth-order valence-electron chi connectivity index (χ4n) is 7.02. The van der Waals surface area contributed by atoms with Gasteiger partial charge in [0.1, 0.15) is 11.9 Å². The zero-order valence-corrected chi connectivity index (χ0v) is 28.2. The first-order valence-electron chi connectivity index (χ1n) is 17.2. The minimum absolute atomic E-state index is 0.0798. The molecule has 1 aliphatic carbocycles. The van der Waals surface area contributed by atoms with Gasteiger partial charge >= 0.3 is 5.92 Å². The summed E-state index contributed by atoms with van der Waals surface area (Å²) in [4.78, 5) is 56.5. The lowest BCUT2D eigenvalue weighted by Gasteiger charge is -2.36. The highest BCUT2D eigenvalue weighted by molar-refractivity contribution is 5.97. The van der Waals surface area contributed by atoms with Crippen molar-refractivity contribution < 1.29 is 37.1 Å². The summed E-state index contributed by atoms with van der Waals surface area (Å²) in [6.07, 6.45) is 2.63. The van der Waals surface area contributed by atoms with Crippen LogP contribution in [0.5, 0.6) is 0 Å². The van der Waals surface area contributed by atoms with E-state index in [1.165, 1.54) is 12.1 Å². The highest BCUT2D eigenvalue weighted by atomic mass is 19.3. The van der Waals surface area contributed by atoms with Crippen LogP contribution in [0.3, 0.4) is 0 Å². The number of Topliss-reactive ketones (excluding diaryl/α,β-unsaturated/α-hetero) is 1. The number of halogens is 3. The first kappa shape index (κ1) is 36.8. The van der Waals surface area contributed by atoms with Crippen LogP contribution in [0, 0.1) is 29.5 Å². The topological polar surface area (TPSA) is 108 Å².